The molecule has 1 amide bonds. The van der Waals surface area contributed by atoms with Crippen molar-refractivity contribution in [1.29, 1.82) is 0 Å². The van der Waals surface area contributed by atoms with E-state index < -0.39 is 5.97 Å². The Morgan fingerprint density at radius 1 is 1.19 bits per heavy atom. The van der Waals surface area contributed by atoms with Crippen LogP contribution in [-0.2, 0) is 14.3 Å². The number of hydrogen-bond donors (Lipinski definition) is 1. The van der Waals surface area contributed by atoms with Crippen LogP contribution in [0.5, 0.6) is 5.75 Å². The third kappa shape index (κ3) is 4.57. The van der Waals surface area contributed by atoms with E-state index >= 15 is 0 Å². The van der Waals surface area contributed by atoms with E-state index in [9.17, 15) is 9.59 Å². The molecule has 2 aliphatic rings. The van der Waals surface area contributed by atoms with Crippen LogP contribution in [-0.4, -0.2) is 31.1 Å². The fourth-order valence-corrected chi connectivity index (χ4v) is 4.50. The van der Waals surface area contributed by atoms with Gasteiger partial charge in [0, 0.05) is 6.04 Å². The van der Waals surface area contributed by atoms with Crippen molar-refractivity contribution in [3.63, 3.8) is 0 Å². The summed E-state index contributed by atoms with van der Waals surface area (Å²) in [5, 5.41) is 3.00. The number of carbonyl (C=O) groups excluding carboxylic acids is 2. The summed E-state index contributed by atoms with van der Waals surface area (Å²) < 4.78 is 10.5. The molecule has 0 saturated heterocycles. The van der Waals surface area contributed by atoms with Crippen molar-refractivity contribution < 1.29 is 19.1 Å². The lowest BCUT2D eigenvalue weighted by atomic mass is 9.84. The van der Waals surface area contributed by atoms with E-state index in [4.69, 9.17) is 9.47 Å². The molecular formula is C21H29NO4. The van der Waals surface area contributed by atoms with Gasteiger partial charge in [-0.05, 0) is 75.0 Å². The second kappa shape index (κ2) is 8.11. The maximum Gasteiger partial charge on any atom is 0.344 e. The fraction of sp³-hybridized carbons (Fsp3) is 0.619. The summed E-state index contributed by atoms with van der Waals surface area (Å²) in [6.45, 7) is 5.51. The van der Waals surface area contributed by atoms with Gasteiger partial charge >= 0.3 is 5.97 Å². The van der Waals surface area contributed by atoms with E-state index in [2.05, 4.69) is 12.2 Å². The van der Waals surface area contributed by atoms with Crippen molar-refractivity contribution in [3.8, 4) is 5.75 Å². The number of esters is 1. The number of benzene rings is 1. The summed E-state index contributed by atoms with van der Waals surface area (Å²) >= 11 is 0. The Kier molecular flexibility index (Phi) is 5.84. The molecule has 142 valence electrons. The predicted molar refractivity (Wildman–Crippen MR) is 98.9 cm³/mol. The van der Waals surface area contributed by atoms with Crippen LogP contribution in [0.4, 0.5) is 0 Å². The number of carbonyl (C=O) groups is 2. The Hall–Kier alpha value is -2.04. The highest BCUT2D eigenvalue weighted by molar-refractivity contribution is 5.81. The monoisotopic (exact) mass is 359 g/mol. The first-order chi connectivity index (χ1) is 12.4. The molecule has 1 N–H and O–H groups in total. The molecule has 3 rings (SSSR count). The van der Waals surface area contributed by atoms with Crippen LogP contribution in [0.2, 0.25) is 0 Å². The van der Waals surface area contributed by atoms with Crippen LogP contribution in [0.3, 0.4) is 0 Å². The number of fused-ring (bicyclic) bond motifs is 2. The second-order valence-electron chi connectivity index (χ2n) is 7.91. The molecule has 5 nitrogen and oxygen atoms in total. The van der Waals surface area contributed by atoms with Gasteiger partial charge in [0.05, 0.1) is 0 Å². The van der Waals surface area contributed by atoms with Gasteiger partial charge in [-0.15, -0.1) is 0 Å². The largest absolute Gasteiger partial charge is 0.482 e. The summed E-state index contributed by atoms with van der Waals surface area (Å²) in [7, 11) is 0. The molecule has 2 bridgehead atoms. The Labute approximate surface area is 155 Å². The number of aryl methyl sites for hydroxylation is 2. The molecule has 4 atom stereocenters. The molecule has 1 aromatic rings. The molecule has 1 aromatic carbocycles. The molecule has 2 fully saturated rings. The van der Waals surface area contributed by atoms with Gasteiger partial charge in [0.15, 0.2) is 13.2 Å². The molecule has 4 unspecified atom stereocenters. The lowest BCUT2D eigenvalue weighted by Gasteiger charge is -2.28. The maximum atomic E-state index is 12.1. The number of amides is 1. The molecule has 0 radical (unpaired) electrons. The quantitative estimate of drug-likeness (QED) is 0.760. The Bertz CT molecular complexity index is 672. The van der Waals surface area contributed by atoms with Crippen molar-refractivity contribution in [3.05, 3.63) is 29.3 Å². The van der Waals surface area contributed by atoms with E-state index in [1.807, 2.05) is 32.0 Å². The van der Waals surface area contributed by atoms with Crippen LogP contribution >= 0.6 is 0 Å². The van der Waals surface area contributed by atoms with Gasteiger partial charge in [-0.3, -0.25) is 4.79 Å². The minimum Gasteiger partial charge on any atom is -0.482 e. The van der Waals surface area contributed by atoms with Crippen molar-refractivity contribution in [2.24, 2.45) is 17.8 Å². The Morgan fingerprint density at radius 3 is 2.69 bits per heavy atom. The molecule has 2 saturated carbocycles. The van der Waals surface area contributed by atoms with E-state index in [-0.39, 0.29) is 25.2 Å². The lowest BCUT2D eigenvalue weighted by molar-refractivity contribution is -0.150. The summed E-state index contributed by atoms with van der Waals surface area (Å²) in [5.74, 6) is 2.07. The molecule has 2 aliphatic carbocycles. The lowest BCUT2D eigenvalue weighted by Crippen LogP contribution is -2.42. The first-order valence-electron chi connectivity index (χ1n) is 9.57. The molecular weight excluding hydrogens is 330 g/mol. The molecule has 26 heavy (non-hydrogen) atoms. The van der Waals surface area contributed by atoms with Crippen LogP contribution < -0.4 is 10.1 Å². The van der Waals surface area contributed by atoms with Gasteiger partial charge in [-0.25, -0.2) is 4.79 Å². The molecule has 0 aromatic heterocycles. The fourth-order valence-electron chi connectivity index (χ4n) is 4.50. The SMILES string of the molecule is Cc1ccc(C)c(OCC(=O)OCC(=O)NC(C)C2CC3CCC2C3)c1. The summed E-state index contributed by atoms with van der Waals surface area (Å²) in [4.78, 5) is 23.9. The first kappa shape index (κ1) is 18.7. The van der Waals surface area contributed by atoms with Crippen molar-refractivity contribution >= 4 is 11.9 Å². The van der Waals surface area contributed by atoms with E-state index in [0.717, 1.165) is 23.0 Å². The van der Waals surface area contributed by atoms with Crippen molar-refractivity contribution in [1.82, 2.24) is 5.32 Å². The average Bonchev–Trinajstić information content (AvgIpc) is 3.24. The van der Waals surface area contributed by atoms with Crippen LogP contribution in [0.1, 0.15) is 43.7 Å². The highest BCUT2D eigenvalue weighted by atomic mass is 16.6. The number of nitrogens with one attached hydrogen (secondary N) is 1. The zero-order valence-electron chi connectivity index (χ0n) is 15.9. The molecule has 0 aliphatic heterocycles. The van der Waals surface area contributed by atoms with Gasteiger partial charge in [-0.1, -0.05) is 18.6 Å². The Morgan fingerprint density at radius 2 is 2.00 bits per heavy atom. The number of rotatable bonds is 7. The van der Waals surface area contributed by atoms with Crippen LogP contribution in [0.15, 0.2) is 18.2 Å². The summed E-state index contributed by atoms with van der Waals surface area (Å²) in [6, 6.07) is 5.96. The molecule has 0 heterocycles. The van der Waals surface area contributed by atoms with Gasteiger partial charge in [-0.2, -0.15) is 0 Å². The van der Waals surface area contributed by atoms with Gasteiger partial charge < -0.3 is 14.8 Å². The number of ether oxygens (including phenoxy) is 2. The molecule has 0 spiro atoms. The van der Waals surface area contributed by atoms with E-state index in [0.29, 0.717) is 11.7 Å². The second-order valence-corrected chi connectivity index (χ2v) is 7.91. The smallest absolute Gasteiger partial charge is 0.344 e. The zero-order valence-corrected chi connectivity index (χ0v) is 15.9. The number of hydrogen-bond acceptors (Lipinski definition) is 4. The van der Waals surface area contributed by atoms with Gasteiger partial charge in [0.2, 0.25) is 0 Å². The highest BCUT2D eigenvalue weighted by Crippen LogP contribution is 2.49. The summed E-state index contributed by atoms with van der Waals surface area (Å²) in [6.07, 6.45) is 5.17. The third-order valence-corrected chi connectivity index (χ3v) is 5.88. The van der Waals surface area contributed by atoms with Crippen molar-refractivity contribution in [2.45, 2.75) is 52.5 Å². The minimum absolute atomic E-state index is 0.141. The molecule has 5 heteroatoms. The zero-order chi connectivity index (χ0) is 18.7. The topological polar surface area (TPSA) is 64.6 Å². The minimum atomic E-state index is -0.534. The predicted octanol–water partition coefficient (Wildman–Crippen LogP) is 3.17. The van der Waals surface area contributed by atoms with E-state index in [1.54, 1.807) is 0 Å². The van der Waals surface area contributed by atoms with E-state index in [1.165, 1.54) is 25.7 Å². The van der Waals surface area contributed by atoms with Gasteiger partial charge in [0.1, 0.15) is 5.75 Å². The first-order valence-corrected chi connectivity index (χ1v) is 9.57. The summed E-state index contributed by atoms with van der Waals surface area (Å²) in [5.41, 5.74) is 2.02. The average molecular weight is 359 g/mol. The normalized spacial score (nSPS) is 25.0. The third-order valence-electron chi connectivity index (χ3n) is 5.88. The van der Waals surface area contributed by atoms with Crippen LogP contribution in [0.25, 0.3) is 0 Å². The standard InChI is InChI=1S/C21H29NO4/c1-13-4-5-14(2)19(8-13)25-12-21(24)26-11-20(23)22-15(3)18-10-16-6-7-17(18)9-16/h4-5,8,15-18H,6-7,9-12H2,1-3H3,(H,22,23). The highest BCUT2D eigenvalue weighted by Gasteiger charge is 2.42. The maximum absolute atomic E-state index is 12.1. The van der Waals surface area contributed by atoms with Crippen molar-refractivity contribution in [2.75, 3.05) is 13.2 Å². The Balaban J connectivity index is 1.37. The van der Waals surface area contributed by atoms with Crippen LogP contribution in [0, 0.1) is 31.6 Å². The van der Waals surface area contributed by atoms with Gasteiger partial charge in [0.25, 0.3) is 5.91 Å².